The minimum atomic E-state index is -0.828. The van der Waals surface area contributed by atoms with Crippen LogP contribution in [0.2, 0.25) is 0 Å². The van der Waals surface area contributed by atoms with Crippen LogP contribution < -0.4 is 0 Å². The van der Waals surface area contributed by atoms with E-state index >= 15 is 0 Å². The van der Waals surface area contributed by atoms with Crippen molar-refractivity contribution >= 4 is 5.97 Å². The zero-order valence-corrected chi connectivity index (χ0v) is 13.6. The molecule has 0 saturated carbocycles. The highest BCUT2D eigenvalue weighted by molar-refractivity contribution is 5.67. The largest absolute Gasteiger partial charge is 0.481 e. The summed E-state index contributed by atoms with van der Waals surface area (Å²) in [5.41, 5.74) is -0.949. The Hall–Kier alpha value is -1.43. The molecule has 0 aliphatic heterocycles. The van der Waals surface area contributed by atoms with Gasteiger partial charge < -0.3 is 14.4 Å². The molecule has 0 fully saturated rings. The molecule has 21 heavy (non-hydrogen) atoms. The number of carboxylic acids is 1. The molecular formula is C15H26N2O4. The Balaban J connectivity index is 2.92. The number of aromatic nitrogens is 2. The molecule has 0 amide bonds. The molecule has 6 nitrogen and oxygen atoms in total. The maximum absolute atomic E-state index is 10.9. The quantitative estimate of drug-likeness (QED) is 0.753. The third-order valence-electron chi connectivity index (χ3n) is 3.70. The van der Waals surface area contributed by atoms with Gasteiger partial charge in [-0.2, -0.15) is 4.98 Å². The highest BCUT2D eigenvalue weighted by Crippen LogP contribution is 2.32. The summed E-state index contributed by atoms with van der Waals surface area (Å²) in [6.45, 7) is 10.3. The van der Waals surface area contributed by atoms with Crippen molar-refractivity contribution in [3.63, 3.8) is 0 Å². The zero-order valence-electron chi connectivity index (χ0n) is 13.6. The van der Waals surface area contributed by atoms with Crippen LogP contribution in [0, 0.1) is 5.41 Å². The smallest absolute Gasteiger partial charge is 0.303 e. The highest BCUT2D eigenvalue weighted by Gasteiger charge is 2.35. The Morgan fingerprint density at radius 2 is 1.90 bits per heavy atom. The Kier molecular flexibility index (Phi) is 5.89. The van der Waals surface area contributed by atoms with E-state index < -0.39 is 17.0 Å². The molecule has 0 aliphatic carbocycles. The van der Waals surface area contributed by atoms with E-state index in [0.29, 0.717) is 24.7 Å². The van der Waals surface area contributed by atoms with Crippen molar-refractivity contribution in [3.05, 3.63) is 11.7 Å². The number of rotatable bonds is 9. The Morgan fingerprint density at radius 1 is 1.29 bits per heavy atom. The average molecular weight is 298 g/mol. The van der Waals surface area contributed by atoms with Gasteiger partial charge in [0.15, 0.2) is 0 Å². The molecule has 120 valence electrons. The van der Waals surface area contributed by atoms with Gasteiger partial charge in [0.2, 0.25) is 11.7 Å². The van der Waals surface area contributed by atoms with Crippen LogP contribution in [0.4, 0.5) is 0 Å². The molecule has 1 rings (SSSR count). The van der Waals surface area contributed by atoms with Crippen molar-refractivity contribution in [2.45, 2.75) is 65.9 Å². The number of hydrogen-bond acceptors (Lipinski definition) is 5. The fourth-order valence-corrected chi connectivity index (χ4v) is 2.50. The van der Waals surface area contributed by atoms with Crippen molar-refractivity contribution in [1.29, 1.82) is 0 Å². The first-order valence-corrected chi connectivity index (χ1v) is 7.47. The number of carboxylic acid groups (broad SMARTS) is 1. The highest BCUT2D eigenvalue weighted by atomic mass is 16.5. The van der Waals surface area contributed by atoms with Crippen LogP contribution in [0.25, 0.3) is 0 Å². The van der Waals surface area contributed by atoms with Gasteiger partial charge in [0, 0.05) is 13.0 Å². The van der Waals surface area contributed by atoms with E-state index in [9.17, 15) is 4.79 Å². The minimum absolute atomic E-state index is 0.0584. The van der Waals surface area contributed by atoms with Crippen LogP contribution in [0.1, 0.15) is 65.6 Å². The first-order chi connectivity index (χ1) is 9.78. The number of nitrogens with zero attached hydrogens (tertiary/aromatic N) is 2. The molecular weight excluding hydrogens is 272 g/mol. The van der Waals surface area contributed by atoms with Crippen molar-refractivity contribution in [2.75, 3.05) is 6.61 Å². The second kappa shape index (κ2) is 7.02. The average Bonchev–Trinajstić information content (AvgIpc) is 2.82. The Labute approximate surface area is 125 Å². The molecule has 0 spiro atoms. The van der Waals surface area contributed by atoms with Crippen LogP contribution in [-0.2, 0) is 21.6 Å². The van der Waals surface area contributed by atoms with Gasteiger partial charge in [-0.25, -0.2) is 0 Å². The van der Waals surface area contributed by atoms with Crippen LogP contribution >= 0.6 is 0 Å². The Morgan fingerprint density at radius 3 is 2.38 bits per heavy atom. The number of carbonyl (C=O) groups is 1. The fraction of sp³-hybridized carbons (Fsp3) is 0.800. The molecule has 0 aliphatic rings. The van der Waals surface area contributed by atoms with E-state index in [-0.39, 0.29) is 6.42 Å². The molecule has 1 heterocycles. The molecule has 6 heteroatoms. The van der Waals surface area contributed by atoms with E-state index in [4.69, 9.17) is 14.4 Å². The van der Waals surface area contributed by atoms with Crippen molar-refractivity contribution < 1.29 is 19.2 Å². The number of hydrogen-bond donors (Lipinski definition) is 1. The summed E-state index contributed by atoms with van der Waals surface area (Å²) in [5, 5.41) is 13.0. The van der Waals surface area contributed by atoms with E-state index in [0.717, 1.165) is 12.8 Å². The number of ether oxygens (including phenoxy) is 1. The monoisotopic (exact) mass is 298 g/mol. The van der Waals surface area contributed by atoms with Crippen LogP contribution in [-0.4, -0.2) is 27.8 Å². The van der Waals surface area contributed by atoms with Gasteiger partial charge in [-0.05, 0) is 25.2 Å². The van der Waals surface area contributed by atoms with Gasteiger partial charge in [-0.3, -0.25) is 4.79 Å². The van der Waals surface area contributed by atoms with Gasteiger partial charge in [0.1, 0.15) is 5.60 Å². The number of aliphatic carboxylic acids is 1. The second-order valence-electron chi connectivity index (χ2n) is 6.06. The molecule has 1 N–H and O–H groups in total. The first-order valence-electron chi connectivity index (χ1n) is 7.47. The normalized spacial score (nSPS) is 12.6. The van der Waals surface area contributed by atoms with Crippen LogP contribution in [0.15, 0.2) is 4.52 Å². The van der Waals surface area contributed by atoms with Crippen molar-refractivity contribution in [3.8, 4) is 0 Å². The van der Waals surface area contributed by atoms with Crippen molar-refractivity contribution in [2.24, 2.45) is 5.41 Å². The van der Waals surface area contributed by atoms with E-state index in [1.165, 1.54) is 0 Å². The standard InChI is InChI=1S/C15H26N2O4/c1-6-15(7-2,20-8-3)13-16-11(21-17-13)9-14(4,5)10-12(18)19/h6-10H2,1-5H3,(H,18,19). The third-order valence-corrected chi connectivity index (χ3v) is 3.70. The predicted molar refractivity (Wildman–Crippen MR) is 77.9 cm³/mol. The maximum atomic E-state index is 10.9. The molecule has 0 unspecified atom stereocenters. The Bertz CT molecular complexity index is 464. The van der Waals surface area contributed by atoms with Crippen LogP contribution in [0.3, 0.4) is 0 Å². The predicted octanol–water partition coefficient (Wildman–Crippen LogP) is 3.16. The zero-order chi connectivity index (χ0) is 16.1. The molecule has 0 saturated heterocycles. The van der Waals surface area contributed by atoms with Gasteiger partial charge >= 0.3 is 5.97 Å². The molecule has 0 radical (unpaired) electrons. The summed E-state index contributed by atoms with van der Waals surface area (Å²) in [6, 6.07) is 0. The van der Waals surface area contributed by atoms with E-state index in [2.05, 4.69) is 10.1 Å². The van der Waals surface area contributed by atoms with E-state index in [1.54, 1.807) is 0 Å². The molecule has 0 atom stereocenters. The van der Waals surface area contributed by atoms with Gasteiger partial charge in [0.05, 0.1) is 6.42 Å². The lowest BCUT2D eigenvalue weighted by atomic mass is 9.86. The topological polar surface area (TPSA) is 85.5 Å². The SMILES string of the molecule is CCOC(CC)(CC)c1noc(CC(C)(C)CC(=O)O)n1. The van der Waals surface area contributed by atoms with Gasteiger partial charge in [-0.1, -0.05) is 32.9 Å². The summed E-state index contributed by atoms with van der Waals surface area (Å²) < 4.78 is 11.1. The molecule has 1 aromatic heterocycles. The third kappa shape index (κ3) is 4.52. The fourth-order valence-electron chi connectivity index (χ4n) is 2.50. The molecule has 1 aromatic rings. The lowest BCUT2D eigenvalue weighted by molar-refractivity contribution is -0.139. The summed E-state index contributed by atoms with van der Waals surface area (Å²) in [5.74, 6) is 0.184. The lowest BCUT2D eigenvalue weighted by Gasteiger charge is -2.27. The maximum Gasteiger partial charge on any atom is 0.303 e. The minimum Gasteiger partial charge on any atom is -0.481 e. The second-order valence-corrected chi connectivity index (χ2v) is 6.06. The van der Waals surface area contributed by atoms with Gasteiger partial charge in [0.25, 0.3) is 0 Å². The van der Waals surface area contributed by atoms with Crippen molar-refractivity contribution in [1.82, 2.24) is 10.1 Å². The summed E-state index contributed by atoms with van der Waals surface area (Å²) in [4.78, 5) is 15.3. The molecule has 0 bridgehead atoms. The summed E-state index contributed by atoms with van der Waals surface area (Å²) in [7, 11) is 0. The molecule has 0 aromatic carbocycles. The van der Waals surface area contributed by atoms with Crippen LogP contribution in [0.5, 0.6) is 0 Å². The summed E-state index contributed by atoms with van der Waals surface area (Å²) >= 11 is 0. The first kappa shape index (κ1) is 17.6. The lowest BCUT2D eigenvalue weighted by Crippen LogP contribution is -2.30. The van der Waals surface area contributed by atoms with E-state index in [1.807, 2.05) is 34.6 Å². The van der Waals surface area contributed by atoms with Gasteiger partial charge in [-0.15, -0.1) is 0 Å². The summed E-state index contributed by atoms with van der Waals surface area (Å²) in [6.07, 6.45) is 2.01.